The molecule has 3 rings (SSSR count). The second-order valence-electron chi connectivity index (χ2n) is 4.29. The van der Waals surface area contributed by atoms with Crippen LogP contribution in [0.3, 0.4) is 0 Å². The van der Waals surface area contributed by atoms with Crippen molar-refractivity contribution in [2.45, 2.75) is 0 Å². The molecule has 0 bridgehead atoms. The Labute approximate surface area is 111 Å². The van der Waals surface area contributed by atoms with Crippen LogP contribution in [0.4, 0.5) is 17.1 Å². The van der Waals surface area contributed by atoms with Crippen molar-refractivity contribution in [3.05, 3.63) is 54.1 Å². The van der Waals surface area contributed by atoms with E-state index in [4.69, 9.17) is 16.3 Å². The predicted octanol–water partition coefficient (Wildman–Crippen LogP) is 2.01. The largest absolute Gasteiger partial charge is 0.399 e. The zero-order valence-electron chi connectivity index (χ0n) is 10.3. The monoisotopic (exact) mass is 254 g/mol. The Balaban J connectivity index is 1.76. The Morgan fingerprint density at radius 1 is 0.895 bits per heavy atom. The van der Waals surface area contributed by atoms with E-state index in [1.807, 2.05) is 48.5 Å². The van der Waals surface area contributed by atoms with E-state index in [9.17, 15) is 0 Å². The molecule has 0 unspecified atom stereocenters. The molecule has 0 saturated heterocycles. The molecular formula is C14H14N4O. The average molecular weight is 254 g/mol. The molecule has 19 heavy (non-hydrogen) atoms. The molecule has 0 spiro atoms. The van der Waals surface area contributed by atoms with E-state index < -0.39 is 0 Å². The van der Waals surface area contributed by atoms with Crippen molar-refractivity contribution in [1.29, 1.82) is 0 Å². The summed E-state index contributed by atoms with van der Waals surface area (Å²) >= 11 is 0. The van der Waals surface area contributed by atoms with Crippen LogP contribution in [0.2, 0.25) is 0 Å². The fourth-order valence-electron chi connectivity index (χ4n) is 1.84. The van der Waals surface area contributed by atoms with Gasteiger partial charge in [0, 0.05) is 16.9 Å². The Bertz CT molecular complexity index is 604. The highest BCUT2D eigenvalue weighted by atomic mass is 16.7. The minimum absolute atomic E-state index is 0.462. The van der Waals surface area contributed by atoms with Crippen molar-refractivity contribution < 1.29 is 4.84 Å². The summed E-state index contributed by atoms with van der Waals surface area (Å²) in [5.74, 6) is 0.594. The molecule has 1 heterocycles. The van der Waals surface area contributed by atoms with Gasteiger partial charge in [-0.1, -0.05) is 0 Å². The third kappa shape index (κ3) is 2.30. The topological polar surface area (TPSA) is 76.9 Å². The number of nitrogens with zero attached hydrogens (tertiary/aromatic N) is 2. The lowest BCUT2D eigenvalue weighted by molar-refractivity contribution is 0.300. The van der Waals surface area contributed by atoms with Gasteiger partial charge in [0.2, 0.25) is 0 Å². The third-order valence-corrected chi connectivity index (χ3v) is 2.88. The summed E-state index contributed by atoms with van der Waals surface area (Å²) in [5, 5.41) is 1.71. The Hall–Kier alpha value is -2.69. The van der Waals surface area contributed by atoms with Crippen LogP contribution in [0.1, 0.15) is 5.56 Å². The summed E-state index contributed by atoms with van der Waals surface area (Å²) in [4.78, 5) is 10.1. The molecule has 2 aromatic rings. The van der Waals surface area contributed by atoms with Crippen LogP contribution in [0.5, 0.6) is 0 Å². The van der Waals surface area contributed by atoms with Gasteiger partial charge < -0.3 is 16.3 Å². The van der Waals surface area contributed by atoms with Crippen molar-refractivity contribution in [3.63, 3.8) is 0 Å². The van der Waals surface area contributed by atoms with Crippen LogP contribution < -0.4 is 16.5 Å². The van der Waals surface area contributed by atoms with Crippen LogP contribution in [-0.4, -0.2) is 12.6 Å². The van der Waals surface area contributed by atoms with E-state index in [-0.39, 0.29) is 0 Å². The lowest BCUT2D eigenvalue weighted by Crippen LogP contribution is -2.20. The first-order valence-electron chi connectivity index (χ1n) is 5.94. The van der Waals surface area contributed by atoms with Crippen molar-refractivity contribution >= 4 is 23.0 Å². The van der Waals surface area contributed by atoms with Crippen LogP contribution >= 0.6 is 0 Å². The summed E-state index contributed by atoms with van der Waals surface area (Å²) in [7, 11) is 0. The number of aliphatic imine (C=N–C) groups is 1. The molecule has 0 fully saturated rings. The van der Waals surface area contributed by atoms with Gasteiger partial charge in [0.05, 0.1) is 5.69 Å². The summed E-state index contributed by atoms with van der Waals surface area (Å²) in [6.45, 7) is 0.462. The maximum Gasteiger partial charge on any atom is 0.250 e. The fourth-order valence-corrected chi connectivity index (χ4v) is 1.84. The lowest BCUT2D eigenvalue weighted by atomic mass is 10.2. The molecule has 5 heteroatoms. The first-order valence-corrected chi connectivity index (χ1v) is 5.94. The quantitative estimate of drug-likeness (QED) is 0.804. The van der Waals surface area contributed by atoms with Crippen LogP contribution in [0.25, 0.3) is 0 Å². The Morgan fingerprint density at radius 3 is 2.11 bits per heavy atom. The highest BCUT2D eigenvalue weighted by Crippen LogP contribution is 2.21. The highest BCUT2D eigenvalue weighted by molar-refractivity contribution is 5.96. The number of hydroxylamine groups is 1. The first-order chi connectivity index (χ1) is 9.22. The molecule has 0 saturated carbocycles. The van der Waals surface area contributed by atoms with Crippen molar-refractivity contribution in [1.82, 2.24) is 0 Å². The van der Waals surface area contributed by atoms with Crippen LogP contribution in [-0.2, 0) is 4.84 Å². The number of anilines is 3. The summed E-state index contributed by atoms with van der Waals surface area (Å²) in [6.07, 6.45) is 0. The molecule has 96 valence electrons. The van der Waals surface area contributed by atoms with E-state index in [0.29, 0.717) is 12.6 Å². The Kier molecular flexibility index (Phi) is 2.72. The van der Waals surface area contributed by atoms with Gasteiger partial charge in [-0.15, -0.1) is 0 Å². The van der Waals surface area contributed by atoms with Gasteiger partial charge in [-0.2, -0.15) is 5.06 Å². The molecule has 0 radical (unpaired) electrons. The van der Waals surface area contributed by atoms with Gasteiger partial charge in [0.1, 0.15) is 6.67 Å². The molecule has 0 amide bonds. The number of nitrogen functional groups attached to an aromatic ring is 2. The highest BCUT2D eigenvalue weighted by Gasteiger charge is 2.19. The van der Waals surface area contributed by atoms with Crippen LogP contribution in [0.15, 0.2) is 53.5 Å². The summed E-state index contributed by atoms with van der Waals surface area (Å²) in [6, 6.07) is 14.9. The number of benzene rings is 2. The van der Waals surface area contributed by atoms with Gasteiger partial charge in [0.25, 0.3) is 5.90 Å². The zero-order valence-corrected chi connectivity index (χ0v) is 10.3. The number of nitrogens with two attached hydrogens (primary N) is 2. The standard InChI is InChI=1S/C14H14N4O/c15-11-3-1-10(2-4-11)14-17-9-18(19-14)13-7-5-12(16)6-8-13/h1-8H,9,15-16H2. The summed E-state index contributed by atoms with van der Waals surface area (Å²) in [5.41, 5.74) is 14.6. The van der Waals surface area contributed by atoms with Crippen molar-refractivity contribution in [2.75, 3.05) is 23.2 Å². The second-order valence-corrected chi connectivity index (χ2v) is 4.29. The molecule has 0 aromatic heterocycles. The third-order valence-electron chi connectivity index (χ3n) is 2.88. The average Bonchev–Trinajstić information content (AvgIpc) is 2.90. The molecule has 5 nitrogen and oxygen atoms in total. The van der Waals surface area contributed by atoms with E-state index in [0.717, 1.165) is 22.6 Å². The van der Waals surface area contributed by atoms with E-state index >= 15 is 0 Å². The normalized spacial score (nSPS) is 14.1. The minimum atomic E-state index is 0.462. The maximum absolute atomic E-state index is 5.71. The molecular weight excluding hydrogens is 240 g/mol. The van der Waals surface area contributed by atoms with Gasteiger partial charge in [-0.25, -0.2) is 4.99 Å². The minimum Gasteiger partial charge on any atom is -0.399 e. The van der Waals surface area contributed by atoms with Crippen molar-refractivity contribution in [2.24, 2.45) is 4.99 Å². The van der Waals surface area contributed by atoms with E-state index in [2.05, 4.69) is 4.99 Å². The van der Waals surface area contributed by atoms with E-state index in [1.165, 1.54) is 0 Å². The fraction of sp³-hybridized carbons (Fsp3) is 0.0714. The zero-order chi connectivity index (χ0) is 13.2. The number of hydrogen-bond acceptors (Lipinski definition) is 5. The SMILES string of the molecule is Nc1ccc(C2=NCN(c3ccc(N)cc3)O2)cc1. The van der Waals surface area contributed by atoms with Crippen LogP contribution in [0, 0.1) is 0 Å². The lowest BCUT2D eigenvalue weighted by Gasteiger charge is -2.16. The second kappa shape index (κ2) is 4.53. The Morgan fingerprint density at radius 2 is 1.47 bits per heavy atom. The smallest absolute Gasteiger partial charge is 0.250 e. The van der Waals surface area contributed by atoms with Gasteiger partial charge in [0.15, 0.2) is 0 Å². The number of rotatable bonds is 2. The molecule has 0 atom stereocenters. The maximum atomic E-state index is 5.71. The molecule has 0 aliphatic carbocycles. The van der Waals surface area contributed by atoms with Gasteiger partial charge >= 0.3 is 0 Å². The molecule has 4 N–H and O–H groups in total. The first kappa shape index (κ1) is 11.4. The molecule has 1 aliphatic rings. The summed E-state index contributed by atoms with van der Waals surface area (Å²) < 4.78 is 0. The van der Waals surface area contributed by atoms with Gasteiger partial charge in [-0.3, -0.25) is 0 Å². The van der Waals surface area contributed by atoms with Crippen molar-refractivity contribution in [3.8, 4) is 0 Å². The van der Waals surface area contributed by atoms with E-state index in [1.54, 1.807) is 5.06 Å². The van der Waals surface area contributed by atoms with Gasteiger partial charge in [-0.05, 0) is 48.5 Å². The predicted molar refractivity (Wildman–Crippen MR) is 76.7 cm³/mol. The number of hydrogen-bond donors (Lipinski definition) is 2. The molecule has 1 aliphatic heterocycles. The molecule has 2 aromatic carbocycles.